The Bertz CT molecular complexity index is 872. The molecule has 6 heteroatoms. The number of hydrogen-bond donors (Lipinski definition) is 3. The van der Waals surface area contributed by atoms with Gasteiger partial charge >= 0.3 is 5.97 Å². The molecule has 0 saturated heterocycles. The highest BCUT2D eigenvalue weighted by Gasteiger charge is 2.65. The van der Waals surface area contributed by atoms with E-state index in [1.165, 1.54) is 5.06 Å². The van der Waals surface area contributed by atoms with Crippen LogP contribution in [0.15, 0.2) is 23.8 Å². The fourth-order valence-electron chi connectivity index (χ4n) is 8.00. The summed E-state index contributed by atoms with van der Waals surface area (Å²) in [5, 5.41) is 33.7. The summed E-state index contributed by atoms with van der Waals surface area (Å²) in [6.07, 6.45) is 8.46. The molecule has 4 rings (SSSR count). The van der Waals surface area contributed by atoms with Crippen LogP contribution in [0, 0.1) is 45.8 Å². The molecule has 0 radical (unpaired) electrons. The molecule has 184 valence electrons. The molecule has 0 aromatic carbocycles. The van der Waals surface area contributed by atoms with Gasteiger partial charge in [0.05, 0.1) is 12.0 Å². The minimum Gasteiger partial charge on any atom is -0.481 e. The van der Waals surface area contributed by atoms with Gasteiger partial charge in [0.1, 0.15) is 0 Å². The third-order valence-corrected chi connectivity index (χ3v) is 9.50. The number of ketones is 1. The summed E-state index contributed by atoms with van der Waals surface area (Å²) in [5.74, 6) is -1.17. The molecule has 8 atom stereocenters. The van der Waals surface area contributed by atoms with E-state index in [1.54, 1.807) is 12.2 Å². The number of carbonyl (C=O) groups excluding carboxylic acids is 1. The van der Waals surface area contributed by atoms with Gasteiger partial charge in [-0.2, -0.15) is 5.06 Å². The van der Waals surface area contributed by atoms with E-state index < -0.39 is 23.4 Å². The second-order valence-electron chi connectivity index (χ2n) is 12.8. The number of hydrogen-bond acceptors (Lipinski definition) is 5. The molecule has 0 aromatic heterocycles. The zero-order chi connectivity index (χ0) is 24.3. The van der Waals surface area contributed by atoms with Crippen molar-refractivity contribution in [3.8, 4) is 0 Å². The first-order valence-corrected chi connectivity index (χ1v) is 12.6. The first-order valence-electron chi connectivity index (χ1n) is 12.6. The van der Waals surface area contributed by atoms with Crippen LogP contribution in [0.25, 0.3) is 0 Å². The van der Waals surface area contributed by atoms with Gasteiger partial charge in [0.15, 0.2) is 5.78 Å². The van der Waals surface area contributed by atoms with E-state index >= 15 is 0 Å². The lowest BCUT2D eigenvalue weighted by Gasteiger charge is -2.58. The minimum absolute atomic E-state index is 0.0146. The molecule has 3 unspecified atom stereocenters. The van der Waals surface area contributed by atoms with Gasteiger partial charge < -0.3 is 15.4 Å². The molecule has 0 spiro atoms. The van der Waals surface area contributed by atoms with Crippen LogP contribution >= 0.6 is 0 Å². The Kier molecular flexibility index (Phi) is 6.20. The fourth-order valence-corrected chi connectivity index (χ4v) is 8.00. The molecule has 0 heterocycles. The van der Waals surface area contributed by atoms with E-state index in [-0.39, 0.29) is 40.3 Å². The molecular formula is C27H41NO5. The number of carboxylic acid groups (broad SMARTS) is 1. The van der Waals surface area contributed by atoms with Crippen LogP contribution in [-0.4, -0.2) is 51.4 Å². The van der Waals surface area contributed by atoms with Gasteiger partial charge in [-0.1, -0.05) is 46.3 Å². The molecular weight excluding hydrogens is 418 g/mol. The Balaban J connectivity index is 1.61. The highest BCUT2D eigenvalue weighted by Crippen LogP contribution is 2.67. The van der Waals surface area contributed by atoms with E-state index in [0.717, 1.165) is 31.3 Å². The van der Waals surface area contributed by atoms with Crippen LogP contribution in [-0.2, 0) is 9.59 Å². The number of allylic oxidation sites excluding steroid dienone is 4. The molecule has 4 aliphatic rings. The third-order valence-electron chi connectivity index (χ3n) is 9.50. The van der Waals surface area contributed by atoms with E-state index in [9.17, 15) is 25.0 Å². The summed E-state index contributed by atoms with van der Waals surface area (Å²) in [4.78, 5) is 24.5. The summed E-state index contributed by atoms with van der Waals surface area (Å²) in [5.41, 5.74) is 0.335. The van der Waals surface area contributed by atoms with Crippen molar-refractivity contribution in [2.45, 2.75) is 72.8 Å². The van der Waals surface area contributed by atoms with Gasteiger partial charge in [-0.3, -0.25) is 9.59 Å². The Morgan fingerprint density at radius 3 is 2.61 bits per heavy atom. The van der Waals surface area contributed by atoms with E-state index in [1.807, 2.05) is 6.08 Å². The highest BCUT2D eigenvalue weighted by atomic mass is 16.5. The van der Waals surface area contributed by atoms with Gasteiger partial charge in [0.2, 0.25) is 0 Å². The van der Waals surface area contributed by atoms with Crippen LogP contribution in [0.5, 0.6) is 0 Å². The van der Waals surface area contributed by atoms with Gasteiger partial charge in [0.25, 0.3) is 0 Å². The normalized spacial score (nSPS) is 42.5. The Labute approximate surface area is 197 Å². The number of aliphatic carboxylic acids is 1. The third kappa shape index (κ3) is 4.23. The predicted molar refractivity (Wildman–Crippen MR) is 125 cm³/mol. The van der Waals surface area contributed by atoms with Crippen LogP contribution < -0.4 is 0 Å². The standard InChI is InChI=1S/C27H41NO5/c1-25(2,3)10-11-28(33)15-16-12-20-19-7-6-17-13-18(29)8-9-26(17,4)23(19)21(30)14-27(20,5)22(16)24(31)32/h8-9,13,16,19-23,30,33H,6-7,10-12,14-15H2,1-5H3,(H,31,32)/t16-,19-,20?,21?,22+,23?,26-,27-/m0/s1. The van der Waals surface area contributed by atoms with E-state index in [2.05, 4.69) is 34.6 Å². The molecule has 0 aliphatic heterocycles. The molecule has 6 nitrogen and oxygen atoms in total. The summed E-state index contributed by atoms with van der Waals surface area (Å²) < 4.78 is 0. The largest absolute Gasteiger partial charge is 0.481 e. The molecule has 0 amide bonds. The average molecular weight is 460 g/mol. The minimum atomic E-state index is -0.814. The van der Waals surface area contributed by atoms with Crippen LogP contribution in [0.3, 0.4) is 0 Å². The molecule has 3 N–H and O–H groups in total. The summed E-state index contributed by atoms with van der Waals surface area (Å²) in [6, 6.07) is 0. The molecule has 4 aliphatic carbocycles. The number of aliphatic hydroxyl groups is 1. The number of hydroxylamine groups is 2. The number of nitrogens with zero attached hydrogens (tertiary/aromatic N) is 1. The Hall–Kier alpha value is -1.50. The lowest BCUT2D eigenvalue weighted by Crippen LogP contribution is -2.56. The lowest BCUT2D eigenvalue weighted by molar-refractivity contribution is -0.159. The fraction of sp³-hybridized carbons (Fsp3) is 0.778. The molecule has 3 fully saturated rings. The van der Waals surface area contributed by atoms with Gasteiger partial charge in [-0.05, 0) is 72.8 Å². The quantitative estimate of drug-likeness (QED) is 0.530. The Morgan fingerprint density at radius 1 is 1.27 bits per heavy atom. The zero-order valence-corrected chi connectivity index (χ0v) is 20.8. The van der Waals surface area contributed by atoms with Crippen molar-refractivity contribution in [1.29, 1.82) is 0 Å². The number of carboxylic acids is 1. The smallest absolute Gasteiger partial charge is 0.307 e. The molecule has 3 saturated carbocycles. The van der Waals surface area contributed by atoms with Crippen molar-refractivity contribution in [2.75, 3.05) is 13.1 Å². The second kappa shape index (κ2) is 8.31. The lowest BCUT2D eigenvalue weighted by atomic mass is 9.47. The monoisotopic (exact) mass is 459 g/mol. The molecule has 33 heavy (non-hydrogen) atoms. The van der Waals surface area contributed by atoms with E-state index in [4.69, 9.17) is 0 Å². The second-order valence-corrected chi connectivity index (χ2v) is 12.8. The van der Waals surface area contributed by atoms with Gasteiger partial charge in [-0.15, -0.1) is 0 Å². The topological polar surface area (TPSA) is 98.1 Å². The van der Waals surface area contributed by atoms with Crippen molar-refractivity contribution in [2.24, 2.45) is 45.8 Å². The van der Waals surface area contributed by atoms with Crippen molar-refractivity contribution in [1.82, 2.24) is 5.06 Å². The van der Waals surface area contributed by atoms with Crippen molar-refractivity contribution >= 4 is 11.8 Å². The van der Waals surface area contributed by atoms with Crippen LogP contribution in [0.4, 0.5) is 0 Å². The Morgan fingerprint density at radius 2 is 1.97 bits per heavy atom. The molecule has 0 bridgehead atoms. The average Bonchev–Trinajstić information content (AvgIpc) is 2.97. The maximum absolute atomic E-state index is 12.5. The van der Waals surface area contributed by atoms with Gasteiger partial charge in [-0.25, -0.2) is 0 Å². The summed E-state index contributed by atoms with van der Waals surface area (Å²) >= 11 is 0. The number of aliphatic hydroxyl groups excluding tert-OH is 1. The van der Waals surface area contributed by atoms with E-state index in [0.29, 0.717) is 19.5 Å². The maximum atomic E-state index is 12.5. The van der Waals surface area contributed by atoms with Crippen molar-refractivity contribution in [3.63, 3.8) is 0 Å². The highest BCUT2D eigenvalue weighted by molar-refractivity contribution is 6.01. The SMILES string of the molecule is CC(C)(C)CCN(O)C[C@@H]1CC2[C@@H]3CCC4=CC(=O)C=C[C@]4(C)C3C(O)C[C@]2(C)[C@H]1C(=O)O. The zero-order valence-electron chi connectivity index (χ0n) is 20.8. The first-order chi connectivity index (χ1) is 15.3. The molecule has 0 aromatic rings. The van der Waals surface area contributed by atoms with Crippen molar-refractivity contribution in [3.05, 3.63) is 23.8 Å². The number of rotatable bonds is 5. The van der Waals surface area contributed by atoms with Crippen LogP contribution in [0.1, 0.15) is 66.7 Å². The maximum Gasteiger partial charge on any atom is 0.307 e. The van der Waals surface area contributed by atoms with Crippen LogP contribution in [0.2, 0.25) is 0 Å². The predicted octanol–water partition coefficient (Wildman–Crippen LogP) is 4.32. The number of fused-ring (bicyclic) bond motifs is 5. The first kappa shape index (κ1) is 24.6. The number of carbonyl (C=O) groups is 2. The van der Waals surface area contributed by atoms with Crippen molar-refractivity contribution < 1.29 is 25.0 Å². The summed E-state index contributed by atoms with van der Waals surface area (Å²) in [6.45, 7) is 11.5. The summed E-state index contributed by atoms with van der Waals surface area (Å²) in [7, 11) is 0. The van der Waals surface area contributed by atoms with Gasteiger partial charge in [0, 0.05) is 24.4 Å².